The molecule has 2 fully saturated rings. The number of aromatic nitrogens is 6. The number of rotatable bonds is 6. The summed E-state index contributed by atoms with van der Waals surface area (Å²) in [5.74, 6) is 2.11. The quantitative estimate of drug-likeness (QED) is 0.571. The van der Waals surface area contributed by atoms with Gasteiger partial charge >= 0.3 is 0 Å². The second-order valence-electron chi connectivity index (χ2n) is 8.25. The van der Waals surface area contributed by atoms with Gasteiger partial charge in [0.2, 0.25) is 0 Å². The monoisotopic (exact) mass is 406 g/mol. The van der Waals surface area contributed by atoms with Crippen LogP contribution in [0.3, 0.4) is 0 Å². The lowest BCUT2D eigenvalue weighted by molar-refractivity contribution is 0.198. The lowest BCUT2D eigenvalue weighted by atomic mass is 9.97. The van der Waals surface area contributed by atoms with Crippen LogP contribution in [0.25, 0.3) is 5.65 Å². The van der Waals surface area contributed by atoms with Crippen molar-refractivity contribution in [3.05, 3.63) is 24.3 Å². The van der Waals surface area contributed by atoms with Gasteiger partial charge in [-0.1, -0.05) is 0 Å². The summed E-state index contributed by atoms with van der Waals surface area (Å²) in [6.45, 7) is 2.84. The molecule has 1 unspecified atom stereocenters. The standard InChI is InChI=1S/C20H26N10/c1-13-9-17(28-27-13)25-18-11-30-20(22-12-23-30)19(26-18)24-14-3-4-15-5-6-16(10-14)29(15)8-2-7-21/h9,11-12,14-16H,2-6,8,10H2,1H3,(H,24,26)(H2,25,27,28)/t14-,15?,16+/m1/s1. The highest BCUT2D eigenvalue weighted by Gasteiger charge is 2.37. The van der Waals surface area contributed by atoms with E-state index >= 15 is 0 Å². The number of aromatic amines is 1. The van der Waals surface area contributed by atoms with Crippen molar-refractivity contribution in [3.8, 4) is 6.07 Å². The van der Waals surface area contributed by atoms with Crippen molar-refractivity contribution in [1.82, 2.24) is 34.7 Å². The Bertz CT molecular complexity index is 1060. The van der Waals surface area contributed by atoms with Crippen LogP contribution in [-0.2, 0) is 0 Å². The van der Waals surface area contributed by atoms with Gasteiger partial charge in [-0.05, 0) is 39.0 Å². The molecule has 0 saturated carbocycles. The zero-order valence-corrected chi connectivity index (χ0v) is 17.0. The SMILES string of the molecule is Cc1cc(Nc2cn3ncnc3c(N[C@@H]3CCC4CC[C@@H](C3)N4CCC#N)n2)n[nH]1. The maximum absolute atomic E-state index is 9.00. The van der Waals surface area contributed by atoms with Crippen molar-refractivity contribution in [2.75, 3.05) is 17.2 Å². The van der Waals surface area contributed by atoms with Crippen LogP contribution in [0, 0.1) is 18.3 Å². The van der Waals surface area contributed by atoms with Crippen LogP contribution in [0.2, 0.25) is 0 Å². The Hall–Kier alpha value is -3.19. The minimum atomic E-state index is 0.320. The molecule has 0 aliphatic carbocycles. The smallest absolute Gasteiger partial charge is 0.198 e. The number of aryl methyl sites for hydroxylation is 1. The van der Waals surface area contributed by atoms with Crippen LogP contribution in [-0.4, -0.2) is 59.3 Å². The topological polar surface area (TPSA) is 123 Å². The van der Waals surface area contributed by atoms with Crippen LogP contribution < -0.4 is 10.6 Å². The zero-order valence-electron chi connectivity index (χ0n) is 17.0. The van der Waals surface area contributed by atoms with E-state index in [0.717, 1.165) is 43.0 Å². The Kier molecular flexibility index (Phi) is 4.96. The first-order valence-corrected chi connectivity index (χ1v) is 10.6. The van der Waals surface area contributed by atoms with Gasteiger partial charge in [0.1, 0.15) is 6.33 Å². The van der Waals surface area contributed by atoms with Crippen LogP contribution in [0.4, 0.5) is 17.5 Å². The highest BCUT2D eigenvalue weighted by atomic mass is 15.3. The fourth-order valence-electron chi connectivity index (χ4n) is 4.89. The van der Waals surface area contributed by atoms with Gasteiger partial charge < -0.3 is 10.6 Å². The molecule has 156 valence electrons. The molecular weight excluding hydrogens is 380 g/mol. The molecule has 2 aliphatic heterocycles. The van der Waals surface area contributed by atoms with Crippen molar-refractivity contribution in [2.24, 2.45) is 0 Å². The van der Waals surface area contributed by atoms with E-state index < -0.39 is 0 Å². The van der Waals surface area contributed by atoms with Gasteiger partial charge in [0.05, 0.1) is 12.3 Å². The molecule has 10 heteroatoms. The van der Waals surface area contributed by atoms with Crippen LogP contribution in [0.15, 0.2) is 18.6 Å². The van der Waals surface area contributed by atoms with Gasteiger partial charge in [-0.25, -0.2) is 14.5 Å². The van der Waals surface area contributed by atoms with Gasteiger partial charge in [-0.15, -0.1) is 0 Å². The molecule has 3 aromatic rings. The summed E-state index contributed by atoms with van der Waals surface area (Å²) in [5, 5.41) is 27.3. The Morgan fingerprint density at radius 2 is 2.10 bits per heavy atom. The number of hydrogen-bond donors (Lipinski definition) is 3. The highest BCUT2D eigenvalue weighted by molar-refractivity contribution is 5.66. The highest BCUT2D eigenvalue weighted by Crippen LogP contribution is 2.35. The summed E-state index contributed by atoms with van der Waals surface area (Å²) in [6, 6.07) is 5.69. The minimum Gasteiger partial charge on any atom is -0.364 e. The van der Waals surface area contributed by atoms with E-state index in [1.54, 1.807) is 10.8 Å². The molecule has 30 heavy (non-hydrogen) atoms. The van der Waals surface area contributed by atoms with Crippen molar-refractivity contribution in [2.45, 2.75) is 63.6 Å². The van der Waals surface area contributed by atoms with E-state index in [1.807, 2.05) is 19.2 Å². The second kappa shape index (κ2) is 7.91. The van der Waals surface area contributed by atoms with Crippen molar-refractivity contribution in [3.63, 3.8) is 0 Å². The number of nitriles is 1. The number of H-pyrrole nitrogens is 1. The maximum atomic E-state index is 9.00. The van der Waals surface area contributed by atoms with Gasteiger partial charge in [0.25, 0.3) is 0 Å². The second-order valence-corrected chi connectivity index (χ2v) is 8.25. The summed E-state index contributed by atoms with van der Waals surface area (Å²) >= 11 is 0. The Morgan fingerprint density at radius 3 is 2.93 bits per heavy atom. The molecule has 3 atom stereocenters. The molecule has 0 amide bonds. The first kappa shape index (κ1) is 18.8. The number of nitrogens with zero attached hydrogens (tertiary/aromatic N) is 7. The molecule has 2 saturated heterocycles. The number of fused-ring (bicyclic) bond motifs is 3. The zero-order chi connectivity index (χ0) is 20.5. The summed E-state index contributed by atoms with van der Waals surface area (Å²) in [5.41, 5.74) is 1.70. The van der Waals surface area contributed by atoms with Gasteiger partial charge in [0, 0.05) is 42.9 Å². The average molecular weight is 406 g/mol. The molecular formula is C20H26N10. The number of anilines is 3. The Labute approximate surface area is 174 Å². The summed E-state index contributed by atoms with van der Waals surface area (Å²) in [6.07, 6.45) is 9.71. The van der Waals surface area contributed by atoms with Crippen molar-refractivity contribution < 1.29 is 0 Å². The van der Waals surface area contributed by atoms with Crippen LogP contribution >= 0.6 is 0 Å². The van der Waals surface area contributed by atoms with E-state index in [1.165, 1.54) is 12.8 Å². The molecule has 3 N–H and O–H groups in total. The van der Waals surface area contributed by atoms with E-state index in [9.17, 15) is 0 Å². The maximum Gasteiger partial charge on any atom is 0.198 e. The van der Waals surface area contributed by atoms with E-state index in [0.29, 0.717) is 36.2 Å². The number of hydrogen-bond acceptors (Lipinski definition) is 8. The number of nitrogens with one attached hydrogen (secondary N) is 3. The molecule has 2 bridgehead atoms. The predicted molar refractivity (Wildman–Crippen MR) is 112 cm³/mol. The third-order valence-electron chi connectivity index (χ3n) is 6.22. The third kappa shape index (κ3) is 3.68. The van der Waals surface area contributed by atoms with Gasteiger partial charge in [-0.3, -0.25) is 10.00 Å². The molecule has 0 spiro atoms. The molecule has 2 aliphatic rings. The molecule has 0 radical (unpaired) electrons. The molecule has 10 nitrogen and oxygen atoms in total. The van der Waals surface area contributed by atoms with Crippen LogP contribution in [0.5, 0.6) is 0 Å². The first-order valence-electron chi connectivity index (χ1n) is 10.6. The van der Waals surface area contributed by atoms with E-state index in [4.69, 9.17) is 10.2 Å². The van der Waals surface area contributed by atoms with Crippen molar-refractivity contribution in [1.29, 1.82) is 5.26 Å². The van der Waals surface area contributed by atoms with Crippen molar-refractivity contribution >= 4 is 23.1 Å². The van der Waals surface area contributed by atoms with E-state index in [2.05, 4.69) is 41.9 Å². The summed E-state index contributed by atoms with van der Waals surface area (Å²) in [4.78, 5) is 11.7. The average Bonchev–Trinajstić information content (AvgIpc) is 3.41. The largest absolute Gasteiger partial charge is 0.364 e. The minimum absolute atomic E-state index is 0.320. The fourth-order valence-corrected chi connectivity index (χ4v) is 4.89. The predicted octanol–water partition coefficient (Wildman–Crippen LogP) is 2.61. The van der Waals surface area contributed by atoms with Crippen LogP contribution in [0.1, 0.15) is 44.2 Å². The fraction of sp³-hybridized carbons (Fsp3) is 0.550. The first-order chi connectivity index (χ1) is 14.7. The third-order valence-corrected chi connectivity index (χ3v) is 6.22. The molecule has 0 aromatic carbocycles. The lowest BCUT2D eigenvalue weighted by Gasteiger charge is -2.27. The van der Waals surface area contributed by atoms with Gasteiger partial charge in [-0.2, -0.15) is 15.5 Å². The Balaban J connectivity index is 1.36. The Morgan fingerprint density at radius 1 is 1.23 bits per heavy atom. The molecule has 5 rings (SSSR count). The van der Waals surface area contributed by atoms with E-state index in [-0.39, 0.29) is 0 Å². The normalized spacial score (nSPS) is 23.9. The molecule has 3 aromatic heterocycles. The van der Waals surface area contributed by atoms with Gasteiger partial charge in [0.15, 0.2) is 23.1 Å². The summed E-state index contributed by atoms with van der Waals surface area (Å²) < 4.78 is 1.74. The summed E-state index contributed by atoms with van der Waals surface area (Å²) in [7, 11) is 0. The molecule has 5 heterocycles. The lowest BCUT2D eigenvalue weighted by Crippen LogP contribution is -2.36.